The van der Waals surface area contributed by atoms with Gasteiger partial charge in [-0.15, -0.1) is 18.3 Å². The van der Waals surface area contributed by atoms with E-state index in [9.17, 15) is 4.79 Å². The first-order valence-electron chi connectivity index (χ1n) is 6.60. The van der Waals surface area contributed by atoms with Gasteiger partial charge < -0.3 is 4.74 Å². The first-order valence-corrected chi connectivity index (χ1v) is 7.58. The average molecular weight is 299 g/mol. The van der Waals surface area contributed by atoms with E-state index in [1.807, 2.05) is 60.7 Å². The molecule has 0 aliphatic rings. The number of benzene rings is 2. The van der Waals surface area contributed by atoms with Gasteiger partial charge in [0.05, 0.1) is 5.69 Å². The number of anilines is 1. The summed E-state index contributed by atoms with van der Waals surface area (Å²) < 4.78 is 5.21. The minimum Gasteiger partial charge on any atom is -0.444 e. The standard InChI is InChI=1S/C17H17NO2S/c1-2-12-21-16-11-7-6-10-15(16)18-17(19)20-13-14-8-4-3-5-9-14/h2-11H,1,12-13H2,(H,18,19). The Morgan fingerprint density at radius 3 is 2.62 bits per heavy atom. The highest BCUT2D eigenvalue weighted by Crippen LogP contribution is 2.27. The van der Waals surface area contributed by atoms with E-state index < -0.39 is 6.09 Å². The predicted molar refractivity (Wildman–Crippen MR) is 87.6 cm³/mol. The molecule has 21 heavy (non-hydrogen) atoms. The molecule has 0 aliphatic carbocycles. The van der Waals surface area contributed by atoms with Crippen LogP contribution in [0, 0.1) is 0 Å². The van der Waals surface area contributed by atoms with Crippen molar-refractivity contribution in [2.24, 2.45) is 0 Å². The van der Waals surface area contributed by atoms with E-state index in [0.29, 0.717) is 0 Å². The van der Waals surface area contributed by atoms with Gasteiger partial charge >= 0.3 is 6.09 Å². The van der Waals surface area contributed by atoms with Crippen molar-refractivity contribution in [1.29, 1.82) is 0 Å². The van der Waals surface area contributed by atoms with Crippen molar-refractivity contribution in [3.8, 4) is 0 Å². The normalized spacial score (nSPS) is 9.90. The van der Waals surface area contributed by atoms with Gasteiger partial charge in [-0.2, -0.15) is 0 Å². The van der Waals surface area contributed by atoms with Gasteiger partial charge in [-0.05, 0) is 17.7 Å². The lowest BCUT2D eigenvalue weighted by molar-refractivity contribution is 0.155. The number of amides is 1. The molecule has 4 heteroatoms. The average Bonchev–Trinajstić information content (AvgIpc) is 2.53. The number of carbonyl (C=O) groups excluding carboxylic acids is 1. The third-order valence-electron chi connectivity index (χ3n) is 2.69. The third-order valence-corrected chi connectivity index (χ3v) is 3.76. The van der Waals surface area contributed by atoms with Crippen molar-refractivity contribution >= 4 is 23.5 Å². The minimum atomic E-state index is -0.453. The maximum Gasteiger partial charge on any atom is 0.411 e. The molecule has 0 spiro atoms. The molecule has 1 amide bonds. The molecule has 0 atom stereocenters. The second kappa shape index (κ2) is 8.17. The van der Waals surface area contributed by atoms with Crippen LogP contribution >= 0.6 is 11.8 Å². The summed E-state index contributed by atoms with van der Waals surface area (Å²) in [7, 11) is 0. The van der Waals surface area contributed by atoms with E-state index in [1.54, 1.807) is 11.8 Å². The molecule has 108 valence electrons. The zero-order valence-electron chi connectivity index (χ0n) is 11.6. The minimum absolute atomic E-state index is 0.259. The van der Waals surface area contributed by atoms with E-state index in [1.165, 1.54) is 0 Å². The van der Waals surface area contributed by atoms with Crippen LogP contribution in [-0.4, -0.2) is 11.8 Å². The molecule has 0 bridgehead atoms. The largest absolute Gasteiger partial charge is 0.444 e. The molecule has 2 aromatic rings. The van der Waals surface area contributed by atoms with E-state index >= 15 is 0 Å². The van der Waals surface area contributed by atoms with Gasteiger partial charge in [0.2, 0.25) is 0 Å². The summed E-state index contributed by atoms with van der Waals surface area (Å²) in [5, 5.41) is 2.77. The van der Waals surface area contributed by atoms with Gasteiger partial charge in [-0.1, -0.05) is 48.5 Å². The molecule has 2 rings (SSSR count). The summed E-state index contributed by atoms with van der Waals surface area (Å²) in [5.74, 6) is 0.789. The Morgan fingerprint density at radius 1 is 1.14 bits per heavy atom. The molecule has 3 nitrogen and oxygen atoms in total. The Hall–Kier alpha value is -2.20. The van der Waals surface area contributed by atoms with Gasteiger partial charge in [-0.3, -0.25) is 5.32 Å². The van der Waals surface area contributed by atoms with Crippen LogP contribution in [0.4, 0.5) is 10.5 Å². The smallest absolute Gasteiger partial charge is 0.411 e. The third kappa shape index (κ3) is 5.00. The van der Waals surface area contributed by atoms with Crippen molar-refractivity contribution < 1.29 is 9.53 Å². The SMILES string of the molecule is C=CCSc1ccccc1NC(=O)OCc1ccccc1. The van der Waals surface area contributed by atoms with Gasteiger partial charge in [-0.25, -0.2) is 4.79 Å². The van der Waals surface area contributed by atoms with Crippen molar-refractivity contribution in [1.82, 2.24) is 0 Å². The first kappa shape index (κ1) is 15.2. The fraction of sp³-hybridized carbons (Fsp3) is 0.118. The molecule has 0 fully saturated rings. The molecule has 1 N–H and O–H groups in total. The van der Waals surface area contributed by atoms with Crippen LogP contribution in [-0.2, 0) is 11.3 Å². The molecule has 0 saturated heterocycles. The number of thioether (sulfide) groups is 1. The van der Waals surface area contributed by atoms with Crippen molar-refractivity contribution in [2.45, 2.75) is 11.5 Å². The Morgan fingerprint density at radius 2 is 1.86 bits per heavy atom. The molecule has 0 heterocycles. The maximum absolute atomic E-state index is 11.8. The highest BCUT2D eigenvalue weighted by Gasteiger charge is 2.07. The van der Waals surface area contributed by atoms with Crippen molar-refractivity contribution in [2.75, 3.05) is 11.1 Å². The Kier molecular flexibility index (Phi) is 5.91. The monoisotopic (exact) mass is 299 g/mol. The van der Waals surface area contributed by atoms with Crippen LogP contribution in [0.2, 0.25) is 0 Å². The van der Waals surface area contributed by atoms with E-state index in [0.717, 1.165) is 21.9 Å². The fourth-order valence-corrected chi connectivity index (χ4v) is 2.46. The highest BCUT2D eigenvalue weighted by atomic mass is 32.2. The Labute approximate surface area is 129 Å². The van der Waals surface area contributed by atoms with Gasteiger partial charge in [0, 0.05) is 10.6 Å². The topological polar surface area (TPSA) is 38.3 Å². The Balaban J connectivity index is 1.91. The number of hydrogen-bond acceptors (Lipinski definition) is 3. The predicted octanol–water partition coefficient (Wildman–Crippen LogP) is 4.71. The van der Waals surface area contributed by atoms with Gasteiger partial charge in [0.1, 0.15) is 6.61 Å². The number of carbonyl (C=O) groups is 1. The molecule has 0 unspecified atom stereocenters. The maximum atomic E-state index is 11.8. The summed E-state index contributed by atoms with van der Waals surface area (Å²) in [6.07, 6.45) is 1.38. The lowest BCUT2D eigenvalue weighted by Crippen LogP contribution is -2.14. The number of hydrogen-bond donors (Lipinski definition) is 1. The Bertz CT molecular complexity index is 599. The lowest BCUT2D eigenvalue weighted by Gasteiger charge is -2.10. The number of nitrogens with one attached hydrogen (secondary N) is 1. The molecule has 2 aromatic carbocycles. The van der Waals surface area contributed by atoms with Gasteiger partial charge in [0.15, 0.2) is 0 Å². The summed E-state index contributed by atoms with van der Waals surface area (Å²) in [5.41, 5.74) is 1.71. The molecule has 0 aliphatic heterocycles. The first-order chi connectivity index (χ1) is 10.3. The van der Waals surface area contributed by atoms with Crippen molar-refractivity contribution in [3.05, 3.63) is 72.8 Å². The summed E-state index contributed by atoms with van der Waals surface area (Å²) >= 11 is 1.62. The lowest BCUT2D eigenvalue weighted by atomic mass is 10.2. The van der Waals surface area contributed by atoms with Crippen LogP contribution in [0.25, 0.3) is 0 Å². The van der Waals surface area contributed by atoms with Crippen molar-refractivity contribution in [3.63, 3.8) is 0 Å². The van der Waals surface area contributed by atoms with Crippen LogP contribution in [0.15, 0.2) is 72.1 Å². The zero-order valence-corrected chi connectivity index (χ0v) is 12.4. The van der Waals surface area contributed by atoms with E-state index in [2.05, 4.69) is 11.9 Å². The van der Waals surface area contributed by atoms with Crippen LogP contribution < -0.4 is 5.32 Å². The van der Waals surface area contributed by atoms with E-state index in [4.69, 9.17) is 4.74 Å². The zero-order chi connectivity index (χ0) is 14.9. The molecular weight excluding hydrogens is 282 g/mol. The molecule has 0 radical (unpaired) electrons. The van der Waals surface area contributed by atoms with E-state index in [-0.39, 0.29) is 6.61 Å². The summed E-state index contributed by atoms with van der Waals surface area (Å²) in [6.45, 7) is 3.96. The molecule has 0 aromatic heterocycles. The fourth-order valence-electron chi connectivity index (χ4n) is 1.71. The number of para-hydroxylation sites is 1. The number of ether oxygens (including phenoxy) is 1. The summed E-state index contributed by atoms with van der Waals surface area (Å²) in [4.78, 5) is 12.8. The van der Waals surface area contributed by atoms with Crippen LogP contribution in [0.5, 0.6) is 0 Å². The molecule has 0 saturated carbocycles. The quantitative estimate of drug-likeness (QED) is 0.620. The van der Waals surface area contributed by atoms with Crippen LogP contribution in [0.1, 0.15) is 5.56 Å². The van der Waals surface area contributed by atoms with Crippen LogP contribution in [0.3, 0.4) is 0 Å². The van der Waals surface area contributed by atoms with Gasteiger partial charge in [0.25, 0.3) is 0 Å². The summed E-state index contributed by atoms with van der Waals surface area (Å²) in [6, 6.07) is 17.2. The second-order valence-electron chi connectivity index (χ2n) is 4.28. The highest BCUT2D eigenvalue weighted by molar-refractivity contribution is 7.99. The second-order valence-corrected chi connectivity index (χ2v) is 5.34. The number of rotatable bonds is 6. The molecular formula is C17H17NO2S.